The zero-order valence-corrected chi connectivity index (χ0v) is 18.7. The third-order valence-corrected chi connectivity index (χ3v) is 6.93. The van der Waals surface area contributed by atoms with E-state index >= 15 is 0 Å². The molecule has 1 fully saturated rings. The number of rotatable bonds is 3. The van der Waals surface area contributed by atoms with Gasteiger partial charge >= 0.3 is 5.97 Å². The molecule has 3 aromatic heterocycles. The molecule has 10 nitrogen and oxygen atoms in total. The number of hydrogen-bond donors (Lipinski definition) is 2. The Morgan fingerprint density at radius 3 is 2.54 bits per heavy atom. The van der Waals surface area contributed by atoms with Crippen LogP contribution in [0, 0.1) is 0 Å². The highest BCUT2D eigenvalue weighted by Crippen LogP contribution is 2.33. The average molecular weight is 471 g/mol. The lowest BCUT2D eigenvalue weighted by Crippen LogP contribution is -2.49. The van der Waals surface area contributed by atoms with Crippen molar-refractivity contribution in [3.05, 3.63) is 80.0 Å². The van der Waals surface area contributed by atoms with E-state index in [2.05, 4.69) is 14.9 Å². The van der Waals surface area contributed by atoms with Gasteiger partial charge in [0, 0.05) is 68.0 Å². The molecule has 0 aliphatic carbocycles. The number of carbonyl (C=O) groups is 2. The minimum atomic E-state index is -1.22. The summed E-state index contributed by atoms with van der Waals surface area (Å²) in [5.41, 5.74) is 2.63. The van der Waals surface area contributed by atoms with Crippen molar-refractivity contribution in [3.8, 4) is 0 Å². The van der Waals surface area contributed by atoms with E-state index in [1.54, 1.807) is 23.1 Å². The molecule has 0 radical (unpaired) electrons. The van der Waals surface area contributed by atoms with Gasteiger partial charge in [-0.25, -0.2) is 4.79 Å². The van der Waals surface area contributed by atoms with Crippen molar-refractivity contribution in [3.63, 3.8) is 0 Å². The first-order valence-corrected chi connectivity index (χ1v) is 11.4. The molecule has 1 amide bonds. The summed E-state index contributed by atoms with van der Waals surface area (Å²) in [6, 6.07) is 7.04. The Balaban J connectivity index is 1.27. The lowest BCUT2D eigenvalue weighted by atomic mass is 10.0. The predicted molar refractivity (Wildman–Crippen MR) is 129 cm³/mol. The maximum absolute atomic E-state index is 13.1. The molecule has 0 spiro atoms. The van der Waals surface area contributed by atoms with E-state index < -0.39 is 11.4 Å². The Kier molecular flexibility index (Phi) is 4.70. The molecule has 176 valence electrons. The van der Waals surface area contributed by atoms with E-state index in [4.69, 9.17) is 0 Å². The fourth-order valence-corrected chi connectivity index (χ4v) is 5.19. The van der Waals surface area contributed by atoms with Crippen LogP contribution in [0.3, 0.4) is 0 Å². The second-order valence-corrected chi connectivity index (χ2v) is 8.79. The standard InChI is InChI=1S/C25H21N5O5/c31-22-15-3-4-19(14-5-7-30(21(14)15)13-17(22)25(34)35)28-8-10-29(11-9-28)24(33)16-12-27-18-2-1-6-26-20(18)23(16)32/h1-4,6,12-13H,5,7-11H2,(H,27,32)(H,34,35). The number of carboxylic acids is 1. The summed E-state index contributed by atoms with van der Waals surface area (Å²) in [7, 11) is 0. The molecule has 0 unspecified atom stereocenters. The maximum Gasteiger partial charge on any atom is 0.341 e. The van der Waals surface area contributed by atoms with E-state index in [1.807, 2.05) is 10.6 Å². The molecular formula is C25H21N5O5. The van der Waals surface area contributed by atoms with Crippen molar-refractivity contribution in [1.82, 2.24) is 19.4 Å². The van der Waals surface area contributed by atoms with Crippen molar-refractivity contribution < 1.29 is 14.7 Å². The average Bonchev–Trinajstić information content (AvgIpc) is 3.30. The second-order valence-electron chi connectivity index (χ2n) is 8.79. The van der Waals surface area contributed by atoms with Crippen LogP contribution in [-0.2, 0) is 13.0 Å². The third kappa shape index (κ3) is 3.21. The van der Waals surface area contributed by atoms with Gasteiger partial charge in [-0.15, -0.1) is 0 Å². The number of amides is 1. The van der Waals surface area contributed by atoms with Crippen LogP contribution in [0.2, 0.25) is 0 Å². The molecule has 6 rings (SSSR count). The van der Waals surface area contributed by atoms with Crippen molar-refractivity contribution >= 4 is 39.5 Å². The highest BCUT2D eigenvalue weighted by molar-refractivity contribution is 5.97. The highest BCUT2D eigenvalue weighted by atomic mass is 16.4. The van der Waals surface area contributed by atoms with Crippen molar-refractivity contribution in [2.45, 2.75) is 13.0 Å². The predicted octanol–water partition coefficient (Wildman–Crippen LogP) is 1.45. The van der Waals surface area contributed by atoms with Crippen molar-refractivity contribution in [2.24, 2.45) is 0 Å². The first-order chi connectivity index (χ1) is 16.9. The molecule has 0 saturated carbocycles. The number of aromatic amines is 1. The van der Waals surface area contributed by atoms with E-state index in [0.717, 1.165) is 16.8 Å². The maximum atomic E-state index is 13.1. The van der Waals surface area contributed by atoms with Gasteiger partial charge in [-0.1, -0.05) is 0 Å². The van der Waals surface area contributed by atoms with Gasteiger partial charge in [-0.3, -0.25) is 19.4 Å². The first kappa shape index (κ1) is 21.1. The Hall–Kier alpha value is -4.47. The molecule has 0 bridgehead atoms. The number of fused-ring (bicyclic) bond motifs is 1. The van der Waals surface area contributed by atoms with Gasteiger partial charge in [0.15, 0.2) is 0 Å². The number of benzene rings is 1. The molecule has 1 saturated heterocycles. The van der Waals surface area contributed by atoms with E-state index in [-0.39, 0.29) is 28.0 Å². The smallest absolute Gasteiger partial charge is 0.341 e. The summed E-state index contributed by atoms with van der Waals surface area (Å²) in [6.45, 7) is 2.65. The summed E-state index contributed by atoms with van der Waals surface area (Å²) >= 11 is 0. The Labute approximate surface area is 198 Å². The molecule has 5 heterocycles. The van der Waals surface area contributed by atoms with E-state index in [0.29, 0.717) is 50.0 Å². The quantitative estimate of drug-likeness (QED) is 0.463. The molecule has 2 N–H and O–H groups in total. The lowest BCUT2D eigenvalue weighted by molar-refractivity contribution is 0.0693. The van der Waals surface area contributed by atoms with E-state index in [1.165, 1.54) is 18.6 Å². The Morgan fingerprint density at radius 1 is 0.971 bits per heavy atom. The highest BCUT2D eigenvalue weighted by Gasteiger charge is 2.28. The summed E-state index contributed by atoms with van der Waals surface area (Å²) in [4.78, 5) is 61.0. The number of anilines is 1. The topological polar surface area (TPSA) is 129 Å². The minimum absolute atomic E-state index is 0.0761. The fourth-order valence-electron chi connectivity index (χ4n) is 5.19. The third-order valence-electron chi connectivity index (χ3n) is 6.93. The van der Waals surface area contributed by atoms with Crippen LogP contribution in [0.15, 0.2) is 52.4 Å². The number of nitrogens with one attached hydrogen (secondary N) is 1. The molecule has 1 aromatic carbocycles. The second kappa shape index (κ2) is 7.79. The Morgan fingerprint density at radius 2 is 1.77 bits per heavy atom. The van der Waals surface area contributed by atoms with Gasteiger partial charge in [0.25, 0.3) is 5.91 Å². The number of aromatic carboxylic acids is 1. The summed E-state index contributed by atoms with van der Waals surface area (Å²) in [5.74, 6) is -1.54. The number of aromatic nitrogens is 3. The molecule has 10 heteroatoms. The number of aryl methyl sites for hydroxylation is 2. The van der Waals surface area contributed by atoms with Crippen LogP contribution < -0.4 is 15.8 Å². The molecule has 4 aromatic rings. The van der Waals surface area contributed by atoms with Crippen molar-refractivity contribution in [2.75, 3.05) is 31.1 Å². The number of nitrogens with zero attached hydrogens (tertiary/aromatic N) is 4. The van der Waals surface area contributed by atoms with Gasteiger partial charge in [-0.2, -0.15) is 0 Å². The molecule has 2 aliphatic heterocycles. The van der Waals surface area contributed by atoms with Crippen molar-refractivity contribution in [1.29, 1.82) is 0 Å². The SMILES string of the molecule is O=C(O)c1cn2c3c(c(N4CCN(C(=O)c5c[nH]c6cccnc6c5=O)CC4)ccc3c1=O)CC2. The normalized spacial score (nSPS) is 15.2. The fraction of sp³-hybridized carbons (Fsp3) is 0.240. The monoisotopic (exact) mass is 471 g/mol. The molecule has 35 heavy (non-hydrogen) atoms. The zero-order chi connectivity index (χ0) is 24.3. The van der Waals surface area contributed by atoms with Gasteiger partial charge in [0.1, 0.15) is 16.6 Å². The zero-order valence-electron chi connectivity index (χ0n) is 18.7. The molecular weight excluding hydrogens is 450 g/mol. The van der Waals surface area contributed by atoms with Crippen LogP contribution in [-0.4, -0.2) is 62.6 Å². The molecule has 0 atom stereocenters. The van der Waals surface area contributed by atoms with Gasteiger partial charge < -0.3 is 24.5 Å². The van der Waals surface area contributed by atoms with Gasteiger partial charge in [0.05, 0.1) is 11.0 Å². The van der Waals surface area contributed by atoms with Crippen LogP contribution in [0.1, 0.15) is 26.3 Å². The minimum Gasteiger partial charge on any atom is -0.477 e. The lowest BCUT2D eigenvalue weighted by Gasteiger charge is -2.37. The summed E-state index contributed by atoms with van der Waals surface area (Å²) < 4.78 is 1.85. The van der Waals surface area contributed by atoms with Gasteiger partial charge in [0.2, 0.25) is 10.9 Å². The first-order valence-electron chi connectivity index (χ1n) is 11.4. The largest absolute Gasteiger partial charge is 0.477 e. The Bertz CT molecular complexity index is 1660. The summed E-state index contributed by atoms with van der Waals surface area (Å²) in [6.07, 6.45) is 5.11. The van der Waals surface area contributed by atoms with Gasteiger partial charge in [-0.05, 0) is 30.7 Å². The number of carboxylic acid groups (broad SMARTS) is 1. The number of hydrogen-bond acceptors (Lipinski definition) is 6. The van der Waals surface area contributed by atoms with Crippen LogP contribution in [0.4, 0.5) is 5.69 Å². The van der Waals surface area contributed by atoms with Crippen LogP contribution in [0.25, 0.3) is 21.9 Å². The molecule has 2 aliphatic rings. The number of pyridine rings is 3. The number of piperazine rings is 1. The van der Waals surface area contributed by atoms with Crippen LogP contribution >= 0.6 is 0 Å². The number of carbonyl (C=O) groups excluding carboxylic acids is 1. The van der Waals surface area contributed by atoms with Crippen LogP contribution in [0.5, 0.6) is 0 Å². The summed E-state index contributed by atoms with van der Waals surface area (Å²) in [5, 5.41) is 9.78. The number of H-pyrrole nitrogens is 1. The van der Waals surface area contributed by atoms with E-state index in [9.17, 15) is 24.3 Å².